The Bertz CT molecular complexity index is 365. The Hall–Kier alpha value is -1.35. The van der Waals surface area contributed by atoms with Crippen molar-refractivity contribution in [1.82, 2.24) is 0 Å². The van der Waals surface area contributed by atoms with Crippen LogP contribution in [0.15, 0.2) is 24.3 Å². The van der Waals surface area contributed by atoms with Crippen LogP contribution in [0, 0.1) is 5.92 Å². The zero-order valence-corrected chi connectivity index (χ0v) is 9.35. The van der Waals surface area contributed by atoms with Crippen LogP contribution in [0.4, 0.5) is 0 Å². The van der Waals surface area contributed by atoms with Crippen LogP contribution in [0.3, 0.4) is 0 Å². The molecule has 0 aliphatic carbocycles. The van der Waals surface area contributed by atoms with Gasteiger partial charge in [-0.15, -0.1) is 0 Å². The summed E-state index contributed by atoms with van der Waals surface area (Å²) in [5.74, 6) is -1.04. The molecular weight excluding hydrogens is 204 g/mol. The molecule has 1 N–H and O–H groups in total. The van der Waals surface area contributed by atoms with Crippen molar-refractivity contribution in [3.05, 3.63) is 35.4 Å². The normalized spacial score (nSPS) is 17.8. The Morgan fingerprint density at radius 3 is 2.44 bits per heavy atom. The fourth-order valence-corrected chi connectivity index (χ4v) is 2.02. The van der Waals surface area contributed by atoms with Crippen LogP contribution in [-0.4, -0.2) is 24.3 Å². The maximum atomic E-state index is 11.2. The van der Waals surface area contributed by atoms with E-state index in [-0.39, 0.29) is 5.92 Å². The zero-order valence-electron chi connectivity index (χ0n) is 9.35. The van der Waals surface area contributed by atoms with Gasteiger partial charge in [0.1, 0.15) is 0 Å². The van der Waals surface area contributed by atoms with Crippen molar-refractivity contribution in [3.8, 4) is 0 Å². The lowest BCUT2D eigenvalue weighted by atomic mass is 9.84. The average molecular weight is 220 g/mol. The van der Waals surface area contributed by atoms with E-state index in [1.807, 2.05) is 24.3 Å². The minimum absolute atomic E-state index is 0.130. The van der Waals surface area contributed by atoms with Gasteiger partial charge in [-0.3, -0.25) is 4.79 Å². The summed E-state index contributed by atoms with van der Waals surface area (Å²) >= 11 is 0. The van der Waals surface area contributed by atoms with Gasteiger partial charge in [0.05, 0.1) is 19.1 Å². The molecular formula is C13H16O3. The molecule has 1 heterocycles. The lowest BCUT2D eigenvalue weighted by molar-refractivity contribution is -0.146. The molecule has 86 valence electrons. The van der Waals surface area contributed by atoms with Gasteiger partial charge < -0.3 is 9.84 Å². The van der Waals surface area contributed by atoms with Crippen molar-refractivity contribution in [1.29, 1.82) is 0 Å². The summed E-state index contributed by atoms with van der Waals surface area (Å²) in [6.45, 7) is 3.21. The molecule has 0 spiro atoms. The molecule has 1 aliphatic heterocycles. The second-order valence-corrected chi connectivity index (χ2v) is 4.21. The van der Waals surface area contributed by atoms with Gasteiger partial charge in [-0.05, 0) is 17.5 Å². The minimum Gasteiger partial charge on any atom is -0.481 e. The number of hydrogen-bond acceptors (Lipinski definition) is 2. The van der Waals surface area contributed by atoms with Crippen molar-refractivity contribution in [2.24, 2.45) is 5.92 Å². The van der Waals surface area contributed by atoms with Crippen molar-refractivity contribution in [2.45, 2.75) is 19.3 Å². The average Bonchev–Trinajstić information content (AvgIpc) is 2.23. The highest BCUT2D eigenvalue weighted by Gasteiger charge is 2.34. The van der Waals surface area contributed by atoms with E-state index in [0.29, 0.717) is 13.2 Å². The second-order valence-electron chi connectivity index (χ2n) is 4.21. The SMILES string of the molecule is CCc1ccc(C(C(=O)O)C2COC2)cc1. The maximum Gasteiger partial charge on any atom is 0.311 e. The molecule has 3 nitrogen and oxygen atoms in total. The first-order valence-electron chi connectivity index (χ1n) is 5.61. The Morgan fingerprint density at radius 2 is 2.06 bits per heavy atom. The molecule has 0 aromatic heterocycles. The highest BCUT2D eigenvalue weighted by molar-refractivity contribution is 5.76. The summed E-state index contributed by atoms with van der Waals surface area (Å²) in [6.07, 6.45) is 0.977. The van der Waals surface area contributed by atoms with Crippen LogP contribution in [-0.2, 0) is 16.0 Å². The van der Waals surface area contributed by atoms with Gasteiger partial charge >= 0.3 is 5.97 Å². The summed E-state index contributed by atoms with van der Waals surface area (Å²) in [4.78, 5) is 11.2. The van der Waals surface area contributed by atoms with Crippen molar-refractivity contribution in [3.63, 3.8) is 0 Å². The van der Waals surface area contributed by atoms with E-state index in [9.17, 15) is 9.90 Å². The summed E-state index contributed by atoms with van der Waals surface area (Å²) in [5.41, 5.74) is 2.12. The Morgan fingerprint density at radius 1 is 1.44 bits per heavy atom. The number of carboxylic acid groups (broad SMARTS) is 1. The van der Waals surface area contributed by atoms with Crippen molar-refractivity contribution < 1.29 is 14.6 Å². The molecule has 3 heteroatoms. The predicted molar refractivity (Wildman–Crippen MR) is 60.5 cm³/mol. The maximum absolute atomic E-state index is 11.2. The summed E-state index contributed by atoms with van der Waals surface area (Å²) in [7, 11) is 0. The first-order chi connectivity index (χ1) is 7.72. The van der Waals surface area contributed by atoms with Crippen LogP contribution in [0.1, 0.15) is 24.0 Å². The lowest BCUT2D eigenvalue weighted by Gasteiger charge is -2.31. The van der Waals surface area contributed by atoms with Gasteiger partial charge in [0.25, 0.3) is 0 Å². The van der Waals surface area contributed by atoms with Gasteiger partial charge in [-0.1, -0.05) is 31.2 Å². The molecule has 1 aromatic carbocycles. The third kappa shape index (κ3) is 2.09. The van der Waals surface area contributed by atoms with E-state index in [1.54, 1.807) is 0 Å². The number of ether oxygens (including phenoxy) is 1. The van der Waals surface area contributed by atoms with Gasteiger partial charge in [0, 0.05) is 5.92 Å². The van der Waals surface area contributed by atoms with Crippen LogP contribution in [0.25, 0.3) is 0 Å². The van der Waals surface area contributed by atoms with Crippen LogP contribution < -0.4 is 0 Å². The Balaban J connectivity index is 2.20. The van der Waals surface area contributed by atoms with Crippen molar-refractivity contribution >= 4 is 5.97 Å². The summed E-state index contributed by atoms with van der Waals surface area (Å²) in [5, 5.41) is 9.23. The topological polar surface area (TPSA) is 46.5 Å². The Labute approximate surface area is 95.0 Å². The van der Waals surface area contributed by atoms with Gasteiger partial charge in [-0.25, -0.2) is 0 Å². The van der Waals surface area contributed by atoms with E-state index < -0.39 is 11.9 Å². The van der Waals surface area contributed by atoms with E-state index >= 15 is 0 Å². The first-order valence-corrected chi connectivity index (χ1v) is 5.61. The molecule has 1 fully saturated rings. The molecule has 1 atom stereocenters. The first kappa shape index (κ1) is 11.1. The third-order valence-corrected chi connectivity index (χ3v) is 3.15. The number of carbonyl (C=O) groups is 1. The molecule has 1 aromatic rings. The number of carboxylic acids is 1. The third-order valence-electron chi connectivity index (χ3n) is 3.15. The van der Waals surface area contributed by atoms with Crippen LogP contribution in [0.5, 0.6) is 0 Å². The number of hydrogen-bond donors (Lipinski definition) is 1. The second kappa shape index (κ2) is 4.66. The Kier molecular flexibility index (Phi) is 3.25. The minimum atomic E-state index is -0.752. The van der Waals surface area contributed by atoms with E-state index in [4.69, 9.17) is 4.74 Å². The monoisotopic (exact) mass is 220 g/mol. The van der Waals surface area contributed by atoms with Gasteiger partial charge in [0.2, 0.25) is 0 Å². The molecule has 16 heavy (non-hydrogen) atoms. The van der Waals surface area contributed by atoms with Gasteiger partial charge in [-0.2, -0.15) is 0 Å². The van der Waals surface area contributed by atoms with E-state index in [0.717, 1.165) is 12.0 Å². The lowest BCUT2D eigenvalue weighted by Crippen LogP contribution is -2.36. The highest BCUT2D eigenvalue weighted by Crippen LogP contribution is 2.30. The fraction of sp³-hybridized carbons (Fsp3) is 0.462. The molecule has 1 unspecified atom stereocenters. The number of aryl methyl sites for hydroxylation is 1. The fourth-order valence-electron chi connectivity index (χ4n) is 2.02. The summed E-state index contributed by atoms with van der Waals surface area (Å²) in [6, 6.07) is 7.86. The highest BCUT2D eigenvalue weighted by atomic mass is 16.5. The largest absolute Gasteiger partial charge is 0.481 e. The molecule has 0 bridgehead atoms. The standard InChI is InChI=1S/C13H16O3/c1-2-9-3-5-10(6-4-9)12(13(14)15)11-7-16-8-11/h3-6,11-12H,2,7-8H2,1H3,(H,14,15). The molecule has 0 radical (unpaired) electrons. The molecule has 0 saturated carbocycles. The molecule has 2 rings (SSSR count). The molecule has 1 saturated heterocycles. The van der Waals surface area contributed by atoms with E-state index in [2.05, 4.69) is 6.92 Å². The number of aliphatic carboxylic acids is 1. The molecule has 0 amide bonds. The van der Waals surface area contributed by atoms with Crippen LogP contribution >= 0.6 is 0 Å². The quantitative estimate of drug-likeness (QED) is 0.844. The van der Waals surface area contributed by atoms with E-state index in [1.165, 1.54) is 5.56 Å². The number of rotatable bonds is 4. The summed E-state index contributed by atoms with van der Waals surface area (Å²) < 4.78 is 5.07. The number of benzene rings is 1. The molecule has 1 aliphatic rings. The smallest absolute Gasteiger partial charge is 0.311 e. The van der Waals surface area contributed by atoms with Crippen molar-refractivity contribution in [2.75, 3.05) is 13.2 Å². The van der Waals surface area contributed by atoms with Gasteiger partial charge in [0.15, 0.2) is 0 Å². The van der Waals surface area contributed by atoms with Crippen LogP contribution in [0.2, 0.25) is 0 Å². The predicted octanol–water partition coefficient (Wildman–Crippen LogP) is 2.06. The zero-order chi connectivity index (χ0) is 11.5.